The summed E-state index contributed by atoms with van der Waals surface area (Å²) < 4.78 is 0. The molecule has 0 aromatic heterocycles. The minimum atomic E-state index is 0.937. The van der Waals surface area contributed by atoms with E-state index in [0.717, 1.165) is 11.5 Å². The molecule has 1 heterocycles. The fourth-order valence-electron chi connectivity index (χ4n) is 2.29. The lowest BCUT2D eigenvalue weighted by atomic mass is 10.1. The standard InChI is InChI=1S/C13H11NS/c1-2-14-11-8-4-6-9-5-3-7-10(12(9)11)13(14)15/h3-8H,2H2,1H3. The lowest BCUT2D eigenvalue weighted by Gasteiger charge is -2.16. The molecule has 0 bridgehead atoms. The largest absolute Gasteiger partial charge is 0.332 e. The average Bonchev–Trinajstić information content (AvgIpc) is 2.55. The second kappa shape index (κ2) is 3.04. The van der Waals surface area contributed by atoms with Crippen LogP contribution < -0.4 is 4.90 Å². The first-order chi connectivity index (χ1) is 7.33. The monoisotopic (exact) mass is 213 g/mol. The fourth-order valence-corrected chi connectivity index (χ4v) is 2.69. The van der Waals surface area contributed by atoms with Crippen molar-refractivity contribution in [3.8, 4) is 0 Å². The van der Waals surface area contributed by atoms with E-state index in [1.807, 2.05) is 0 Å². The normalized spacial score (nSPS) is 13.9. The van der Waals surface area contributed by atoms with E-state index in [2.05, 4.69) is 48.2 Å². The summed E-state index contributed by atoms with van der Waals surface area (Å²) in [6.45, 7) is 3.07. The second-order valence-electron chi connectivity index (χ2n) is 3.73. The predicted molar refractivity (Wildman–Crippen MR) is 68.7 cm³/mol. The Hall–Kier alpha value is -1.41. The quantitative estimate of drug-likeness (QED) is 0.668. The van der Waals surface area contributed by atoms with E-state index in [1.54, 1.807) is 0 Å². The molecule has 0 unspecified atom stereocenters. The van der Waals surface area contributed by atoms with E-state index in [-0.39, 0.29) is 0 Å². The molecule has 0 spiro atoms. The molecule has 0 atom stereocenters. The molecule has 3 rings (SSSR count). The van der Waals surface area contributed by atoms with Gasteiger partial charge in [0.1, 0.15) is 4.99 Å². The van der Waals surface area contributed by atoms with Crippen LogP contribution in [0, 0.1) is 0 Å². The first-order valence-corrected chi connectivity index (χ1v) is 5.57. The summed E-state index contributed by atoms with van der Waals surface area (Å²) in [6, 6.07) is 12.7. The topological polar surface area (TPSA) is 3.24 Å². The van der Waals surface area contributed by atoms with Crippen molar-refractivity contribution in [2.24, 2.45) is 0 Å². The van der Waals surface area contributed by atoms with Gasteiger partial charge in [0.05, 0.1) is 5.69 Å². The summed E-state index contributed by atoms with van der Waals surface area (Å²) in [5, 5.41) is 2.59. The van der Waals surface area contributed by atoms with Crippen molar-refractivity contribution in [3.05, 3.63) is 42.0 Å². The Kier molecular flexibility index (Phi) is 1.80. The lowest BCUT2D eigenvalue weighted by Crippen LogP contribution is -2.24. The highest BCUT2D eigenvalue weighted by Crippen LogP contribution is 2.37. The van der Waals surface area contributed by atoms with E-state index < -0.39 is 0 Å². The van der Waals surface area contributed by atoms with Crippen LogP contribution in [0.3, 0.4) is 0 Å². The highest BCUT2D eigenvalue weighted by Gasteiger charge is 2.24. The molecule has 2 heteroatoms. The Morgan fingerprint density at radius 1 is 1.13 bits per heavy atom. The van der Waals surface area contributed by atoms with Gasteiger partial charge in [0.2, 0.25) is 0 Å². The van der Waals surface area contributed by atoms with Gasteiger partial charge >= 0.3 is 0 Å². The maximum Gasteiger partial charge on any atom is 0.114 e. The van der Waals surface area contributed by atoms with Gasteiger partial charge in [0.25, 0.3) is 0 Å². The maximum atomic E-state index is 5.48. The van der Waals surface area contributed by atoms with Gasteiger partial charge in [-0.25, -0.2) is 0 Å². The molecule has 0 saturated carbocycles. The number of nitrogens with zero attached hydrogens (tertiary/aromatic N) is 1. The maximum absolute atomic E-state index is 5.48. The zero-order valence-corrected chi connectivity index (χ0v) is 9.34. The van der Waals surface area contributed by atoms with Crippen molar-refractivity contribution in [2.45, 2.75) is 6.92 Å². The summed E-state index contributed by atoms with van der Waals surface area (Å²) in [5.41, 5.74) is 2.47. The molecule has 1 nitrogen and oxygen atoms in total. The number of hydrogen-bond donors (Lipinski definition) is 0. The molecule has 1 aliphatic rings. The van der Waals surface area contributed by atoms with Crippen LogP contribution in [0.4, 0.5) is 5.69 Å². The minimum Gasteiger partial charge on any atom is -0.332 e. The van der Waals surface area contributed by atoms with Gasteiger partial charge in [-0.2, -0.15) is 0 Å². The van der Waals surface area contributed by atoms with Crippen LogP contribution in [0.1, 0.15) is 12.5 Å². The number of rotatable bonds is 1. The van der Waals surface area contributed by atoms with Crippen LogP contribution >= 0.6 is 12.2 Å². The van der Waals surface area contributed by atoms with Crippen LogP contribution in [-0.4, -0.2) is 11.5 Å². The third kappa shape index (κ3) is 1.05. The Balaban J connectivity index is 2.45. The summed E-state index contributed by atoms with van der Waals surface area (Å²) in [7, 11) is 0. The highest BCUT2D eigenvalue weighted by atomic mass is 32.1. The molecule has 0 amide bonds. The van der Waals surface area contributed by atoms with Gasteiger partial charge < -0.3 is 4.90 Å². The van der Waals surface area contributed by atoms with Gasteiger partial charge in [-0.3, -0.25) is 0 Å². The SMILES string of the molecule is CCN1C(=S)c2cccc3cccc1c23. The minimum absolute atomic E-state index is 0.937. The van der Waals surface area contributed by atoms with Crippen LogP contribution in [-0.2, 0) is 0 Å². The third-order valence-electron chi connectivity index (χ3n) is 2.97. The molecule has 1 aliphatic heterocycles. The first kappa shape index (κ1) is 8.86. The summed E-state index contributed by atoms with van der Waals surface area (Å²) in [6.07, 6.45) is 0. The molecular weight excluding hydrogens is 202 g/mol. The molecule has 15 heavy (non-hydrogen) atoms. The molecule has 0 saturated heterocycles. The van der Waals surface area contributed by atoms with Crippen molar-refractivity contribution in [1.82, 2.24) is 0 Å². The number of anilines is 1. The van der Waals surface area contributed by atoms with Crippen molar-refractivity contribution in [3.63, 3.8) is 0 Å². The van der Waals surface area contributed by atoms with E-state index in [0.29, 0.717) is 0 Å². The molecule has 74 valence electrons. The van der Waals surface area contributed by atoms with E-state index >= 15 is 0 Å². The first-order valence-electron chi connectivity index (χ1n) is 5.16. The summed E-state index contributed by atoms with van der Waals surface area (Å²) >= 11 is 5.48. The zero-order chi connectivity index (χ0) is 10.4. The van der Waals surface area contributed by atoms with E-state index in [1.165, 1.54) is 22.0 Å². The van der Waals surface area contributed by atoms with Gasteiger partial charge in [-0.15, -0.1) is 0 Å². The summed E-state index contributed by atoms with van der Waals surface area (Å²) in [5.74, 6) is 0. The number of benzene rings is 2. The Morgan fingerprint density at radius 3 is 2.60 bits per heavy atom. The Bertz CT molecular complexity index is 554. The van der Waals surface area contributed by atoms with Gasteiger partial charge in [-0.1, -0.05) is 42.5 Å². The Morgan fingerprint density at radius 2 is 1.87 bits per heavy atom. The van der Waals surface area contributed by atoms with Crippen LogP contribution in [0.5, 0.6) is 0 Å². The van der Waals surface area contributed by atoms with Crippen molar-refractivity contribution < 1.29 is 0 Å². The molecule has 0 aliphatic carbocycles. The lowest BCUT2D eigenvalue weighted by molar-refractivity contribution is 1.09. The molecule has 0 N–H and O–H groups in total. The predicted octanol–water partition coefficient (Wildman–Crippen LogP) is 3.36. The van der Waals surface area contributed by atoms with Gasteiger partial charge in [0.15, 0.2) is 0 Å². The highest BCUT2D eigenvalue weighted by molar-refractivity contribution is 7.81. The van der Waals surface area contributed by atoms with Gasteiger partial charge in [-0.05, 0) is 18.4 Å². The van der Waals surface area contributed by atoms with Crippen LogP contribution in [0.25, 0.3) is 10.8 Å². The van der Waals surface area contributed by atoms with E-state index in [9.17, 15) is 0 Å². The number of hydrogen-bond acceptors (Lipinski definition) is 1. The van der Waals surface area contributed by atoms with Crippen molar-refractivity contribution >= 4 is 33.7 Å². The molecule has 0 fully saturated rings. The second-order valence-corrected chi connectivity index (χ2v) is 4.12. The Labute approximate surface area is 94.3 Å². The van der Waals surface area contributed by atoms with Crippen molar-refractivity contribution in [2.75, 3.05) is 11.4 Å². The molecular formula is C13H11NS. The number of thiocarbonyl (C=S) groups is 1. The molecule has 0 radical (unpaired) electrons. The average molecular weight is 213 g/mol. The smallest absolute Gasteiger partial charge is 0.114 e. The fraction of sp³-hybridized carbons (Fsp3) is 0.154. The third-order valence-corrected chi connectivity index (χ3v) is 3.41. The molecule has 2 aromatic carbocycles. The van der Waals surface area contributed by atoms with Gasteiger partial charge in [0, 0.05) is 17.5 Å². The van der Waals surface area contributed by atoms with Crippen LogP contribution in [0.2, 0.25) is 0 Å². The van der Waals surface area contributed by atoms with Crippen LogP contribution in [0.15, 0.2) is 36.4 Å². The van der Waals surface area contributed by atoms with Crippen molar-refractivity contribution in [1.29, 1.82) is 0 Å². The zero-order valence-electron chi connectivity index (χ0n) is 8.53. The summed E-state index contributed by atoms with van der Waals surface area (Å²) in [4.78, 5) is 3.16. The van der Waals surface area contributed by atoms with E-state index in [4.69, 9.17) is 12.2 Å². The molecule has 2 aromatic rings.